The van der Waals surface area contributed by atoms with Gasteiger partial charge in [-0.3, -0.25) is 4.90 Å². The third kappa shape index (κ3) is 2.86. The van der Waals surface area contributed by atoms with E-state index in [0.29, 0.717) is 5.75 Å². The Morgan fingerprint density at radius 2 is 1.95 bits per heavy atom. The average Bonchev–Trinajstić information content (AvgIpc) is 2.62. The van der Waals surface area contributed by atoms with Gasteiger partial charge in [-0.1, -0.05) is 30.3 Å². The van der Waals surface area contributed by atoms with Crippen LogP contribution in [0.3, 0.4) is 0 Å². The Balaban J connectivity index is 1.80. The second kappa shape index (κ2) is 5.68. The Kier molecular flexibility index (Phi) is 3.75. The molecule has 1 heterocycles. The quantitative estimate of drug-likeness (QED) is 0.897. The van der Waals surface area contributed by atoms with E-state index in [9.17, 15) is 5.11 Å². The molecule has 2 aromatic carbocycles. The predicted molar refractivity (Wildman–Crippen MR) is 81.7 cm³/mol. The van der Waals surface area contributed by atoms with Crippen LogP contribution in [-0.4, -0.2) is 16.6 Å². The summed E-state index contributed by atoms with van der Waals surface area (Å²) in [6.07, 6.45) is 2.30. The third-order valence-electron chi connectivity index (χ3n) is 4.16. The van der Waals surface area contributed by atoms with Gasteiger partial charge in [0.2, 0.25) is 0 Å². The number of aromatic hydroxyl groups is 1. The van der Waals surface area contributed by atoms with E-state index >= 15 is 0 Å². The van der Waals surface area contributed by atoms with E-state index in [2.05, 4.69) is 42.2 Å². The van der Waals surface area contributed by atoms with E-state index < -0.39 is 0 Å². The molecule has 0 aliphatic carbocycles. The minimum Gasteiger partial charge on any atom is -0.508 e. The number of phenolic OH excluding ortho intramolecular Hbond substituents is 1. The Bertz CT molecular complexity index is 606. The minimum atomic E-state index is 0.376. The van der Waals surface area contributed by atoms with E-state index in [-0.39, 0.29) is 0 Å². The van der Waals surface area contributed by atoms with E-state index in [4.69, 9.17) is 0 Å². The van der Waals surface area contributed by atoms with Crippen LogP contribution in [0, 0.1) is 6.92 Å². The summed E-state index contributed by atoms with van der Waals surface area (Å²) in [5.74, 6) is 0.376. The van der Waals surface area contributed by atoms with Crippen molar-refractivity contribution in [3.63, 3.8) is 0 Å². The van der Waals surface area contributed by atoms with E-state index in [1.165, 1.54) is 28.7 Å². The second-order valence-electron chi connectivity index (χ2n) is 5.69. The molecule has 0 bridgehead atoms. The van der Waals surface area contributed by atoms with Crippen LogP contribution >= 0.6 is 0 Å². The standard InChI is InChI=1S/C18H21NO/c1-14-5-2-3-6-16(14)12-19-10-4-7-15-8-9-18(20)11-17(15)13-19/h2-3,5-6,8-9,11,20H,4,7,10,12-13H2,1H3. The monoisotopic (exact) mass is 267 g/mol. The van der Waals surface area contributed by atoms with Crippen LogP contribution in [0.5, 0.6) is 5.75 Å². The number of benzene rings is 2. The van der Waals surface area contributed by atoms with Crippen LogP contribution in [-0.2, 0) is 19.5 Å². The Morgan fingerprint density at radius 3 is 2.80 bits per heavy atom. The molecule has 1 aliphatic heterocycles. The maximum Gasteiger partial charge on any atom is 0.115 e. The molecule has 1 N–H and O–H groups in total. The van der Waals surface area contributed by atoms with Gasteiger partial charge in [0.25, 0.3) is 0 Å². The number of hydrogen-bond acceptors (Lipinski definition) is 2. The molecule has 2 heteroatoms. The van der Waals surface area contributed by atoms with Gasteiger partial charge in [0.05, 0.1) is 0 Å². The number of hydrogen-bond donors (Lipinski definition) is 1. The lowest BCUT2D eigenvalue weighted by molar-refractivity contribution is 0.260. The zero-order valence-corrected chi connectivity index (χ0v) is 12.0. The highest BCUT2D eigenvalue weighted by Gasteiger charge is 2.15. The maximum absolute atomic E-state index is 9.68. The van der Waals surface area contributed by atoms with Crippen molar-refractivity contribution in [3.05, 3.63) is 64.7 Å². The summed E-state index contributed by atoms with van der Waals surface area (Å²) in [4.78, 5) is 2.48. The van der Waals surface area contributed by atoms with Crippen molar-refractivity contribution in [2.45, 2.75) is 32.9 Å². The lowest BCUT2D eigenvalue weighted by Gasteiger charge is -2.21. The molecular formula is C18H21NO. The van der Waals surface area contributed by atoms with Gasteiger partial charge < -0.3 is 5.11 Å². The van der Waals surface area contributed by atoms with Crippen LogP contribution in [0.4, 0.5) is 0 Å². The lowest BCUT2D eigenvalue weighted by Crippen LogP contribution is -2.23. The van der Waals surface area contributed by atoms with Crippen LogP contribution in [0.2, 0.25) is 0 Å². The summed E-state index contributed by atoms with van der Waals surface area (Å²) >= 11 is 0. The van der Waals surface area contributed by atoms with Gasteiger partial charge in [0, 0.05) is 13.1 Å². The molecule has 0 unspecified atom stereocenters. The molecule has 0 saturated heterocycles. The fourth-order valence-electron chi connectivity index (χ4n) is 2.98. The smallest absolute Gasteiger partial charge is 0.115 e. The molecule has 2 nitrogen and oxygen atoms in total. The van der Waals surface area contributed by atoms with Gasteiger partial charge in [0.1, 0.15) is 5.75 Å². The zero-order chi connectivity index (χ0) is 13.9. The normalized spacial score (nSPS) is 15.7. The molecule has 0 radical (unpaired) electrons. The summed E-state index contributed by atoms with van der Waals surface area (Å²) in [5, 5.41) is 9.68. The molecule has 1 aliphatic rings. The van der Waals surface area contributed by atoms with Crippen LogP contribution in [0.15, 0.2) is 42.5 Å². The lowest BCUT2D eigenvalue weighted by atomic mass is 10.0. The SMILES string of the molecule is Cc1ccccc1CN1CCCc2ccc(O)cc2C1. The van der Waals surface area contributed by atoms with Gasteiger partial charge in [-0.2, -0.15) is 0 Å². The minimum absolute atomic E-state index is 0.376. The fourth-order valence-corrected chi connectivity index (χ4v) is 2.98. The Morgan fingerprint density at radius 1 is 1.10 bits per heavy atom. The first kappa shape index (κ1) is 13.2. The number of aryl methyl sites for hydroxylation is 2. The van der Waals surface area contributed by atoms with E-state index in [1.54, 1.807) is 6.07 Å². The van der Waals surface area contributed by atoms with Gasteiger partial charge in [-0.15, -0.1) is 0 Å². The highest BCUT2D eigenvalue weighted by molar-refractivity contribution is 5.35. The Labute approximate surface area is 120 Å². The topological polar surface area (TPSA) is 23.5 Å². The highest BCUT2D eigenvalue weighted by atomic mass is 16.3. The summed E-state index contributed by atoms with van der Waals surface area (Å²) in [6.45, 7) is 5.20. The predicted octanol–water partition coefficient (Wildman–Crippen LogP) is 3.65. The zero-order valence-electron chi connectivity index (χ0n) is 12.0. The fraction of sp³-hybridized carbons (Fsp3) is 0.333. The number of nitrogens with zero attached hydrogens (tertiary/aromatic N) is 1. The molecule has 20 heavy (non-hydrogen) atoms. The van der Waals surface area contributed by atoms with Crippen molar-refractivity contribution in [1.82, 2.24) is 4.90 Å². The maximum atomic E-state index is 9.68. The van der Waals surface area contributed by atoms with Crippen molar-refractivity contribution in [1.29, 1.82) is 0 Å². The number of phenols is 1. The van der Waals surface area contributed by atoms with Gasteiger partial charge >= 0.3 is 0 Å². The van der Waals surface area contributed by atoms with Crippen molar-refractivity contribution >= 4 is 0 Å². The molecule has 0 saturated carbocycles. The average molecular weight is 267 g/mol. The summed E-state index contributed by atoms with van der Waals surface area (Å²) in [7, 11) is 0. The first-order chi connectivity index (χ1) is 9.72. The largest absolute Gasteiger partial charge is 0.508 e. The van der Waals surface area contributed by atoms with Crippen molar-refractivity contribution in [2.24, 2.45) is 0 Å². The number of fused-ring (bicyclic) bond motifs is 1. The Hall–Kier alpha value is -1.80. The molecule has 0 spiro atoms. The van der Waals surface area contributed by atoms with E-state index in [1.807, 2.05) is 6.07 Å². The van der Waals surface area contributed by atoms with Gasteiger partial charge in [-0.05, 0) is 60.7 Å². The first-order valence-corrected chi connectivity index (χ1v) is 7.30. The first-order valence-electron chi connectivity index (χ1n) is 7.30. The molecular weight excluding hydrogens is 246 g/mol. The third-order valence-corrected chi connectivity index (χ3v) is 4.16. The summed E-state index contributed by atoms with van der Waals surface area (Å²) in [6, 6.07) is 14.4. The molecule has 0 fully saturated rings. The van der Waals surface area contributed by atoms with Gasteiger partial charge in [0.15, 0.2) is 0 Å². The van der Waals surface area contributed by atoms with Crippen molar-refractivity contribution in [2.75, 3.05) is 6.54 Å². The molecule has 2 aromatic rings. The number of rotatable bonds is 2. The summed E-state index contributed by atoms with van der Waals surface area (Å²) < 4.78 is 0. The molecule has 0 atom stereocenters. The van der Waals surface area contributed by atoms with Crippen molar-refractivity contribution in [3.8, 4) is 5.75 Å². The highest BCUT2D eigenvalue weighted by Crippen LogP contribution is 2.24. The van der Waals surface area contributed by atoms with Crippen LogP contribution in [0.1, 0.15) is 28.7 Å². The van der Waals surface area contributed by atoms with Crippen LogP contribution in [0.25, 0.3) is 0 Å². The molecule has 104 valence electrons. The molecule has 3 rings (SSSR count). The van der Waals surface area contributed by atoms with E-state index in [0.717, 1.165) is 26.1 Å². The summed E-state index contributed by atoms with van der Waals surface area (Å²) in [5.41, 5.74) is 5.41. The van der Waals surface area contributed by atoms with Gasteiger partial charge in [-0.25, -0.2) is 0 Å². The second-order valence-corrected chi connectivity index (χ2v) is 5.69. The van der Waals surface area contributed by atoms with Crippen molar-refractivity contribution < 1.29 is 5.11 Å². The van der Waals surface area contributed by atoms with Crippen LogP contribution < -0.4 is 0 Å². The molecule has 0 aromatic heterocycles. The molecule has 0 amide bonds.